The molecule has 0 atom stereocenters. The molecule has 0 aliphatic heterocycles. The standard InChI is InChI=1S/C16H22N4O/c1-10(2)13-18-14(20-19-13)15(21)17-12-8-6-11(7-9-12)16(3,4)5/h6-10H,1-5H3,(H,17,21)(H,18,19,20). The first-order valence-corrected chi connectivity index (χ1v) is 7.11. The zero-order chi connectivity index (χ0) is 15.6. The minimum absolute atomic E-state index is 0.0957. The van der Waals surface area contributed by atoms with Gasteiger partial charge in [-0.1, -0.05) is 46.8 Å². The van der Waals surface area contributed by atoms with Gasteiger partial charge in [0.15, 0.2) is 0 Å². The molecule has 5 heteroatoms. The van der Waals surface area contributed by atoms with E-state index in [1.165, 1.54) is 5.56 Å². The van der Waals surface area contributed by atoms with E-state index < -0.39 is 0 Å². The first-order chi connectivity index (χ1) is 9.77. The van der Waals surface area contributed by atoms with Crippen LogP contribution in [0, 0.1) is 0 Å². The van der Waals surface area contributed by atoms with Crippen LogP contribution in [-0.4, -0.2) is 21.1 Å². The Kier molecular flexibility index (Phi) is 4.11. The molecule has 2 rings (SSSR count). The second kappa shape index (κ2) is 5.68. The van der Waals surface area contributed by atoms with Gasteiger partial charge in [0, 0.05) is 11.6 Å². The van der Waals surface area contributed by atoms with Crippen molar-refractivity contribution in [2.24, 2.45) is 0 Å². The molecular formula is C16H22N4O. The fourth-order valence-corrected chi connectivity index (χ4v) is 1.87. The van der Waals surface area contributed by atoms with Crippen LogP contribution in [0.1, 0.15) is 62.5 Å². The number of aromatic amines is 1. The maximum absolute atomic E-state index is 12.1. The molecule has 1 aromatic carbocycles. The van der Waals surface area contributed by atoms with Crippen LogP contribution < -0.4 is 5.32 Å². The molecule has 2 aromatic rings. The van der Waals surface area contributed by atoms with Gasteiger partial charge in [-0.15, -0.1) is 5.10 Å². The minimum atomic E-state index is -0.304. The Morgan fingerprint density at radius 2 is 1.81 bits per heavy atom. The first kappa shape index (κ1) is 15.2. The van der Waals surface area contributed by atoms with Crippen molar-refractivity contribution >= 4 is 11.6 Å². The molecule has 0 aliphatic carbocycles. The van der Waals surface area contributed by atoms with E-state index in [1.807, 2.05) is 38.1 Å². The monoisotopic (exact) mass is 286 g/mol. The highest BCUT2D eigenvalue weighted by Crippen LogP contribution is 2.23. The lowest BCUT2D eigenvalue weighted by molar-refractivity contribution is 0.101. The summed E-state index contributed by atoms with van der Waals surface area (Å²) in [5, 5.41) is 9.53. The molecule has 21 heavy (non-hydrogen) atoms. The maximum Gasteiger partial charge on any atom is 0.295 e. The number of H-pyrrole nitrogens is 1. The average molecular weight is 286 g/mol. The summed E-state index contributed by atoms with van der Waals surface area (Å²) in [7, 11) is 0. The van der Waals surface area contributed by atoms with Gasteiger partial charge < -0.3 is 5.32 Å². The van der Waals surface area contributed by atoms with Crippen LogP contribution in [0.25, 0.3) is 0 Å². The van der Waals surface area contributed by atoms with E-state index >= 15 is 0 Å². The molecule has 0 aliphatic rings. The molecule has 0 bridgehead atoms. The summed E-state index contributed by atoms with van der Waals surface area (Å²) in [5.41, 5.74) is 2.06. The molecule has 112 valence electrons. The number of carbonyl (C=O) groups excluding carboxylic acids is 1. The van der Waals surface area contributed by atoms with Crippen molar-refractivity contribution in [3.63, 3.8) is 0 Å². The molecule has 0 unspecified atom stereocenters. The summed E-state index contributed by atoms with van der Waals surface area (Å²) in [6.45, 7) is 10.5. The highest BCUT2D eigenvalue weighted by Gasteiger charge is 2.16. The van der Waals surface area contributed by atoms with E-state index in [0.29, 0.717) is 5.82 Å². The molecule has 2 N–H and O–H groups in total. The van der Waals surface area contributed by atoms with E-state index in [4.69, 9.17) is 0 Å². The Balaban J connectivity index is 2.08. The topological polar surface area (TPSA) is 70.7 Å². The fraction of sp³-hybridized carbons (Fsp3) is 0.438. The van der Waals surface area contributed by atoms with Crippen LogP contribution in [-0.2, 0) is 5.41 Å². The summed E-state index contributed by atoms with van der Waals surface area (Å²) >= 11 is 0. The van der Waals surface area contributed by atoms with Crippen molar-refractivity contribution in [1.82, 2.24) is 15.2 Å². The van der Waals surface area contributed by atoms with Gasteiger partial charge >= 0.3 is 0 Å². The fourth-order valence-electron chi connectivity index (χ4n) is 1.87. The zero-order valence-electron chi connectivity index (χ0n) is 13.2. The molecule has 5 nitrogen and oxygen atoms in total. The third-order valence-corrected chi connectivity index (χ3v) is 3.26. The molecule has 0 radical (unpaired) electrons. The van der Waals surface area contributed by atoms with Crippen molar-refractivity contribution in [3.8, 4) is 0 Å². The second-order valence-electron chi connectivity index (χ2n) is 6.48. The van der Waals surface area contributed by atoms with Crippen molar-refractivity contribution in [1.29, 1.82) is 0 Å². The number of nitrogens with zero attached hydrogens (tertiary/aromatic N) is 2. The number of hydrogen-bond acceptors (Lipinski definition) is 3. The Morgan fingerprint density at radius 1 is 1.19 bits per heavy atom. The van der Waals surface area contributed by atoms with Gasteiger partial charge in [0.25, 0.3) is 5.91 Å². The third-order valence-electron chi connectivity index (χ3n) is 3.26. The van der Waals surface area contributed by atoms with Gasteiger partial charge in [0.05, 0.1) is 0 Å². The maximum atomic E-state index is 12.1. The van der Waals surface area contributed by atoms with Gasteiger partial charge in [-0.2, -0.15) is 0 Å². The van der Waals surface area contributed by atoms with E-state index in [0.717, 1.165) is 5.69 Å². The lowest BCUT2D eigenvalue weighted by Crippen LogP contribution is -2.15. The van der Waals surface area contributed by atoms with Crippen LogP contribution >= 0.6 is 0 Å². The third kappa shape index (κ3) is 3.68. The van der Waals surface area contributed by atoms with Crippen LogP contribution in [0.5, 0.6) is 0 Å². The van der Waals surface area contributed by atoms with Gasteiger partial charge in [0.1, 0.15) is 5.82 Å². The van der Waals surface area contributed by atoms with Crippen LogP contribution in [0.4, 0.5) is 5.69 Å². The number of amides is 1. The van der Waals surface area contributed by atoms with Crippen LogP contribution in [0.15, 0.2) is 24.3 Å². The SMILES string of the molecule is CC(C)c1nc(C(=O)Nc2ccc(C(C)(C)C)cc2)n[nH]1. The molecule has 0 spiro atoms. The van der Waals surface area contributed by atoms with Crippen LogP contribution in [0.2, 0.25) is 0 Å². The molecule has 1 amide bonds. The lowest BCUT2D eigenvalue weighted by Gasteiger charge is -2.19. The normalized spacial score (nSPS) is 11.7. The molecule has 0 saturated heterocycles. The zero-order valence-corrected chi connectivity index (χ0v) is 13.2. The van der Waals surface area contributed by atoms with Crippen molar-refractivity contribution < 1.29 is 4.79 Å². The van der Waals surface area contributed by atoms with E-state index in [9.17, 15) is 4.79 Å². The van der Waals surface area contributed by atoms with Gasteiger partial charge in [-0.25, -0.2) is 4.98 Å². The lowest BCUT2D eigenvalue weighted by atomic mass is 9.87. The summed E-state index contributed by atoms with van der Waals surface area (Å²) in [6.07, 6.45) is 0. The van der Waals surface area contributed by atoms with Gasteiger partial charge in [-0.05, 0) is 23.1 Å². The summed E-state index contributed by atoms with van der Waals surface area (Å²) in [4.78, 5) is 16.3. The number of hydrogen-bond donors (Lipinski definition) is 2. The number of benzene rings is 1. The Morgan fingerprint density at radius 3 is 2.29 bits per heavy atom. The van der Waals surface area contributed by atoms with Crippen molar-refractivity contribution in [3.05, 3.63) is 41.5 Å². The predicted octanol–water partition coefficient (Wildman–Crippen LogP) is 3.48. The number of nitrogens with one attached hydrogen (secondary N) is 2. The van der Waals surface area contributed by atoms with Crippen molar-refractivity contribution in [2.75, 3.05) is 5.32 Å². The van der Waals surface area contributed by atoms with E-state index in [2.05, 4.69) is 41.3 Å². The summed E-state index contributed by atoms with van der Waals surface area (Å²) < 4.78 is 0. The smallest absolute Gasteiger partial charge is 0.295 e. The Hall–Kier alpha value is -2.17. The molecular weight excluding hydrogens is 264 g/mol. The highest BCUT2D eigenvalue weighted by atomic mass is 16.2. The molecule has 1 aromatic heterocycles. The number of anilines is 1. The predicted molar refractivity (Wildman–Crippen MR) is 83.6 cm³/mol. The van der Waals surface area contributed by atoms with E-state index in [-0.39, 0.29) is 23.1 Å². The summed E-state index contributed by atoms with van der Waals surface area (Å²) in [5.74, 6) is 0.786. The average Bonchev–Trinajstić information content (AvgIpc) is 2.88. The summed E-state index contributed by atoms with van der Waals surface area (Å²) in [6, 6.07) is 7.84. The van der Waals surface area contributed by atoms with Gasteiger partial charge in [-0.3, -0.25) is 9.89 Å². The van der Waals surface area contributed by atoms with Gasteiger partial charge in [0.2, 0.25) is 5.82 Å². The molecule has 0 fully saturated rings. The minimum Gasteiger partial charge on any atom is -0.319 e. The highest BCUT2D eigenvalue weighted by molar-refractivity contribution is 6.01. The van der Waals surface area contributed by atoms with Crippen molar-refractivity contribution in [2.45, 2.75) is 46.0 Å². The Labute approximate surface area is 125 Å². The number of aromatic nitrogens is 3. The first-order valence-electron chi connectivity index (χ1n) is 7.11. The largest absolute Gasteiger partial charge is 0.319 e. The molecule has 1 heterocycles. The molecule has 0 saturated carbocycles. The Bertz CT molecular complexity index is 620. The number of rotatable bonds is 3. The van der Waals surface area contributed by atoms with E-state index in [1.54, 1.807) is 0 Å². The quantitative estimate of drug-likeness (QED) is 0.907. The second-order valence-corrected chi connectivity index (χ2v) is 6.48. The van der Waals surface area contributed by atoms with Crippen LogP contribution in [0.3, 0.4) is 0 Å². The number of carbonyl (C=O) groups is 1.